The van der Waals surface area contributed by atoms with E-state index in [9.17, 15) is 18.8 Å². The Morgan fingerprint density at radius 3 is 2.31 bits per heavy atom. The summed E-state index contributed by atoms with van der Waals surface area (Å²) < 4.78 is 18.3. The van der Waals surface area contributed by atoms with E-state index in [0.29, 0.717) is 17.0 Å². The van der Waals surface area contributed by atoms with E-state index < -0.39 is 17.6 Å². The molecule has 0 bridgehead atoms. The molecular formula is C23H19FN4O4. The number of nitrogens with zero attached hydrogens (tertiary/aromatic N) is 1. The van der Waals surface area contributed by atoms with Gasteiger partial charge in [-0.25, -0.2) is 9.82 Å². The number of hydrogen-bond donors (Lipinski definition) is 3. The predicted octanol–water partition coefficient (Wildman–Crippen LogP) is 2.93. The average molecular weight is 434 g/mol. The van der Waals surface area contributed by atoms with Crippen molar-refractivity contribution >= 4 is 35.3 Å². The molecule has 3 rings (SSSR count). The van der Waals surface area contributed by atoms with Crippen molar-refractivity contribution in [3.05, 3.63) is 90.2 Å². The van der Waals surface area contributed by atoms with Gasteiger partial charge in [-0.2, -0.15) is 5.10 Å². The monoisotopic (exact) mass is 434 g/mol. The molecule has 3 aromatic carbocycles. The maximum Gasteiger partial charge on any atom is 0.329 e. The van der Waals surface area contributed by atoms with Crippen LogP contribution in [0.4, 0.5) is 15.8 Å². The smallest absolute Gasteiger partial charge is 0.329 e. The SMILES string of the molecule is O=C(COc1cccc(/C=N\NC(=O)C(=O)Nc2ccc(F)cc2)c1)Nc1ccccc1. The molecule has 0 aromatic heterocycles. The number of anilines is 2. The molecule has 3 N–H and O–H groups in total. The van der Waals surface area contributed by atoms with E-state index in [1.807, 2.05) is 18.2 Å². The van der Waals surface area contributed by atoms with Gasteiger partial charge in [0.1, 0.15) is 11.6 Å². The fraction of sp³-hybridized carbons (Fsp3) is 0.0435. The number of amides is 3. The van der Waals surface area contributed by atoms with E-state index in [1.165, 1.54) is 18.3 Å². The lowest BCUT2D eigenvalue weighted by Gasteiger charge is -2.08. The third-order valence-corrected chi connectivity index (χ3v) is 3.97. The molecule has 8 nitrogen and oxygen atoms in total. The summed E-state index contributed by atoms with van der Waals surface area (Å²) in [5.41, 5.74) is 3.62. The summed E-state index contributed by atoms with van der Waals surface area (Å²) in [7, 11) is 0. The predicted molar refractivity (Wildman–Crippen MR) is 118 cm³/mol. The van der Waals surface area contributed by atoms with Crippen LogP contribution >= 0.6 is 0 Å². The molecule has 162 valence electrons. The number of carbonyl (C=O) groups excluding carboxylic acids is 3. The van der Waals surface area contributed by atoms with Crippen molar-refractivity contribution in [3.63, 3.8) is 0 Å². The zero-order chi connectivity index (χ0) is 22.8. The lowest BCUT2D eigenvalue weighted by Crippen LogP contribution is -2.32. The highest BCUT2D eigenvalue weighted by molar-refractivity contribution is 6.39. The minimum Gasteiger partial charge on any atom is -0.484 e. The molecule has 0 aliphatic heterocycles. The van der Waals surface area contributed by atoms with Crippen molar-refractivity contribution in [1.29, 1.82) is 0 Å². The Morgan fingerprint density at radius 2 is 1.56 bits per heavy atom. The largest absolute Gasteiger partial charge is 0.484 e. The van der Waals surface area contributed by atoms with Crippen molar-refractivity contribution in [3.8, 4) is 5.75 Å². The lowest BCUT2D eigenvalue weighted by atomic mass is 10.2. The Hall–Kier alpha value is -4.53. The zero-order valence-corrected chi connectivity index (χ0v) is 16.7. The van der Waals surface area contributed by atoms with E-state index >= 15 is 0 Å². The number of carbonyl (C=O) groups is 3. The van der Waals surface area contributed by atoms with E-state index in [2.05, 4.69) is 21.2 Å². The van der Waals surface area contributed by atoms with Crippen LogP contribution in [0, 0.1) is 5.82 Å². The number of para-hydroxylation sites is 1. The molecule has 9 heteroatoms. The van der Waals surface area contributed by atoms with Crippen molar-refractivity contribution in [1.82, 2.24) is 5.43 Å². The van der Waals surface area contributed by atoms with Crippen LogP contribution in [0.2, 0.25) is 0 Å². The van der Waals surface area contributed by atoms with Gasteiger partial charge in [-0.05, 0) is 54.1 Å². The summed E-state index contributed by atoms with van der Waals surface area (Å²) in [6.45, 7) is -0.185. The fourth-order valence-electron chi connectivity index (χ4n) is 2.49. The van der Waals surface area contributed by atoms with Crippen LogP contribution in [0.5, 0.6) is 5.75 Å². The zero-order valence-electron chi connectivity index (χ0n) is 16.7. The van der Waals surface area contributed by atoms with Crippen LogP contribution in [0.3, 0.4) is 0 Å². The summed E-state index contributed by atoms with van der Waals surface area (Å²) in [6, 6.07) is 20.6. The molecule has 3 aromatic rings. The molecular weight excluding hydrogens is 415 g/mol. The first kappa shape index (κ1) is 22.2. The summed E-state index contributed by atoms with van der Waals surface area (Å²) in [5, 5.41) is 8.76. The number of rotatable bonds is 7. The van der Waals surface area contributed by atoms with E-state index in [-0.39, 0.29) is 18.2 Å². The number of benzene rings is 3. The first-order chi connectivity index (χ1) is 15.5. The minimum absolute atomic E-state index is 0.185. The molecule has 0 aliphatic rings. The van der Waals surface area contributed by atoms with Gasteiger partial charge >= 0.3 is 11.8 Å². The first-order valence-corrected chi connectivity index (χ1v) is 9.47. The second-order valence-corrected chi connectivity index (χ2v) is 6.44. The number of halogens is 1. The van der Waals surface area contributed by atoms with Crippen molar-refractivity contribution in [2.45, 2.75) is 0 Å². The molecule has 3 amide bonds. The lowest BCUT2D eigenvalue weighted by molar-refractivity contribution is -0.136. The number of hydrogen-bond acceptors (Lipinski definition) is 5. The second kappa shape index (κ2) is 11.0. The molecule has 0 fully saturated rings. The summed E-state index contributed by atoms with van der Waals surface area (Å²) in [6.07, 6.45) is 1.32. The quantitative estimate of drug-likeness (QED) is 0.302. The van der Waals surface area contributed by atoms with Crippen LogP contribution < -0.4 is 20.8 Å². The Bertz CT molecular complexity index is 1120. The minimum atomic E-state index is -0.990. The third-order valence-electron chi connectivity index (χ3n) is 3.97. The van der Waals surface area contributed by atoms with Crippen molar-refractivity contribution < 1.29 is 23.5 Å². The van der Waals surface area contributed by atoms with Gasteiger partial charge in [0.25, 0.3) is 5.91 Å². The van der Waals surface area contributed by atoms with Crippen molar-refractivity contribution in [2.24, 2.45) is 5.10 Å². The molecule has 0 heterocycles. The second-order valence-electron chi connectivity index (χ2n) is 6.44. The molecule has 0 atom stereocenters. The van der Waals surface area contributed by atoms with E-state index in [0.717, 1.165) is 12.1 Å². The first-order valence-electron chi connectivity index (χ1n) is 9.47. The number of nitrogens with one attached hydrogen (secondary N) is 3. The van der Waals surface area contributed by atoms with Crippen LogP contribution in [0.15, 0.2) is 84.0 Å². The molecule has 0 spiro atoms. The molecule has 0 radical (unpaired) electrons. The highest BCUT2D eigenvalue weighted by atomic mass is 19.1. The van der Waals surface area contributed by atoms with Gasteiger partial charge in [0.15, 0.2) is 6.61 Å². The molecule has 0 saturated carbocycles. The molecule has 0 unspecified atom stereocenters. The molecule has 0 aliphatic carbocycles. The van der Waals surface area contributed by atoms with E-state index in [1.54, 1.807) is 36.4 Å². The average Bonchev–Trinajstić information content (AvgIpc) is 2.80. The Morgan fingerprint density at radius 1 is 0.844 bits per heavy atom. The van der Waals surface area contributed by atoms with E-state index in [4.69, 9.17) is 4.74 Å². The van der Waals surface area contributed by atoms with Gasteiger partial charge in [0, 0.05) is 11.4 Å². The Kier molecular flexibility index (Phi) is 7.63. The Labute approximate surface area is 183 Å². The molecule has 0 saturated heterocycles. The van der Waals surface area contributed by atoms with Crippen molar-refractivity contribution in [2.75, 3.05) is 17.2 Å². The summed E-state index contributed by atoms with van der Waals surface area (Å²) in [5.74, 6) is -2.28. The summed E-state index contributed by atoms with van der Waals surface area (Å²) in [4.78, 5) is 35.6. The highest BCUT2D eigenvalue weighted by Crippen LogP contribution is 2.12. The van der Waals surface area contributed by atoms with Gasteiger partial charge in [-0.1, -0.05) is 30.3 Å². The topological polar surface area (TPSA) is 109 Å². The van der Waals surface area contributed by atoms with Gasteiger partial charge in [0.2, 0.25) is 0 Å². The highest BCUT2D eigenvalue weighted by Gasteiger charge is 2.12. The third kappa shape index (κ3) is 7.06. The van der Waals surface area contributed by atoms with Crippen LogP contribution in [-0.4, -0.2) is 30.5 Å². The standard InChI is InChI=1S/C23H19FN4O4/c24-17-9-11-19(12-10-17)27-22(30)23(31)28-25-14-16-5-4-8-20(13-16)32-15-21(29)26-18-6-2-1-3-7-18/h1-14H,15H2,(H,26,29)(H,27,30)(H,28,31)/b25-14-. The van der Waals surface area contributed by atoms with Crippen LogP contribution in [0.25, 0.3) is 0 Å². The fourth-order valence-corrected chi connectivity index (χ4v) is 2.49. The van der Waals surface area contributed by atoms with Gasteiger partial charge < -0.3 is 15.4 Å². The number of ether oxygens (including phenoxy) is 1. The van der Waals surface area contributed by atoms with Gasteiger partial charge in [-0.3, -0.25) is 14.4 Å². The molecule has 32 heavy (non-hydrogen) atoms. The van der Waals surface area contributed by atoms with Gasteiger partial charge in [-0.15, -0.1) is 0 Å². The maximum absolute atomic E-state index is 12.9. The number of hydrazone groups is 1. The summed E-state index contributed by atoms with van der Waals surface area (Å²) >= 11 is 0. The Balaban J connectivity index is 1.47. The van der Waals surface area contributed by atoms with Crippen LogP contribution in [-0.2, 0) is 14.4 Å². The van der Waals surface area contributed by atoms with Gasteiger partial charge in [0.05, 0.1) is 6.21 Å². The maximum atomic E-state index is 12.9. The van der Waals surface area contributed by atoms with Crippen LogP contribution in [0.1, 0.15) is 5.56 Å². The normalized spacial score (nSPS) is 10.4.